The third kappa shape index (κ3) is 3.29. The normalized spacial score (nSPS) is 18.4. The molecular weight excluding hydrogens is 360 g/mol. The molecule has 0 spiro atoms. The second-order valence-corrected chi connectivity index (χ2v) is 9.05. The van der Waals surface area contributed by atoms with Gasteiger partial charge in [-0.15, -0.1) is 0 Å². The summed E-state index contributed by atoms with van der Waals surface area (Å²) in [4.78, 5) is 2.58. The van der Waals surface area contributed by atoms with Gasteiger partial charge >= 0.3 is 0 Å². The molecule has 1 unspecified atom stereocenters. The molecule has 4 rings (SSSR count). The zero-order chi connectivity index (χ0) is 19.0. The van der Waals surface area contributed by atoms with Gasteiger partial charge in [0.1, 0.15) is 0 Å². The maximum absolute atomic E-state index is 13.1. The van der Waals surface area contributed by atoms with Gasteiger partial charge in [-0.2, -0.15) is 0 Å². The molecule has 2 aromatic carbocycles. The second-order valence-electron chi connectivity index (χ2n) is 7.23. The smallest absolute Gasteiger partial charge is 0.268 e. The predicted octanol–water partition coefficient (Wildman–Crippen LogP) is 3.14. The van der Waals surface area contributed by atoms with Crippen molar-refractivity contribution in [1.29, 1.82) is 0 Å². The zero-order valence-corrected chi connectivity index (χ0v) is 16.2. The van der Waals surface area contributed by atoms with Crippen LogP contribution in [-0.2, 0) is 16.6 Å². The highest BCUT2D eigenvalue weighted by Gasteiger charge is 2.25. The quantitative estimate of drug-likeness (QED) is 0.734. The first-order chi connectivity index (χ1) is 13.0. The minimum absolute atomic E-state index is 0.165. The number of rotatable bonds is 5. The Balaban J connectivity index is 1.74. The fraction of sp³-hybridized carbons (Fsp3) is 0.333. The molecule has 142 valence electrons. The first-order valence-electron chi connectivity index (χ1n) is 9.27. The molecular formula is C21H24N2O3S. The summed E-state index contributed by atoms with van der Waals surface area (Å²) in [5.41, 5.74) is 2.69. The van der Waals surface area contributed by atoms with Gasteiger partial charge < -0.3 is 5.11 Å². The van der Waals surface area contributed by atoms with Crippen LogP contribution in [-0.4, -0.2) is 41.6 Å². The van der Waals surface area contributed by atoms with Crippen molar-refractivity contribution >= 4 is 20.9 Å². The standard InChI is InChI=1S/C21H24N2O3S/c1-16-5-2-8-19(13-16)27(25,26)23-12-10-20-17(6-3-9-21(20)23)14-22-11-4-7-18(22)15-24/h2-3,5-6,8-10,12-13,18,24H,4,7,11,14-15H2,1H3. The van der Waals surface area contributed by atoms with Crippen molar-refractivity contribution in [2.75, 3.05) is 13.2 Å². The summed E-state index contributed by atoms with van der Waals surface area (Å²) < 4.78 is 27.6. The van der Waals surface area contributed by atoms with Gasteiger partial charge in [0, 0.05) is 24.2 Å². The van der Waals surface area contributed by atoms with Crippen molar-refractivity contribution in [3.8, 4) is 0 Å². The molecule has 0 aliphatic carbocycles. The molecule has 3 aromatic rings. The van der Waals surface area contributed by atoms with Gasteiger partial charge in [-0.25, -0.2) is 12.4 Å². The molecule has 1 atom stereocenters. The molecule has 0 radical (unpaired) electrons. The summed E-state index contributed by atoms with van der Waals surface area (Å²) in [7, 11) is -3.64. The van der Waals surface area contributed by atoms with E-state index in [1.807, 2.05) is 37.3 Å². The predicted molar refractivity (Wildman–Crippen MR) is 106 cm³/mol. The van der Waals surface area contributed by atoms with E-state index in [1.165, 1.54) is 3.97 Å². The summed E-state index contributed by atoms with van der Waals surface area (Å²) in [6.45, 7) is 3.73. The lowest BCUT2D eigenvalue weighted by atomic mass is 10.1. The number of aromatic nitrogens is 1. The van der Waals surface area contributed by atoms with Gasteiger partial charge in [-0.3, -0.25) is 4.90 Å². The molecule has 5 nitrogen and oxygen atoms in total. The molecule has 1 aromatic heterocycles. The van der Waals surface area contributed by atoms with Crippen molar-refractivity contribution in [3.63, 3.8) is 0 Å². The van der Waals surface area contributed by atoms with Crippen LogP contribution in [0, 0.1) is 6.92 Å². The number of benzene rings is 2. The van der Waals surface area contributed by atoms with Crippen molar-refractivity contribution in [1.82, 2.24) is 8.87 Å². The zero-order valence-electron chi connectivity index (χ0n) is 15.4. The second kappa shape index (κ2) is 7.11. The lowest BCUT2D eigenvalue weighted by molar-refractivity contribution is 0.154. The molecule has 1 aliphatic heterocycles. The van der Waals surface area contributed by atoms with Crippen LogP contribution in [0.2, 0.25) is 0 Å². The Morgan fingerprint density at radius 3 is 2.74 bits per heavy atom. The molecule has 27 heavy (non-hydrogen) atoms. The maximum atomic E-state index is 13.1. The number of nitrogens with zero attached hydrogens (tertiary/aromatic N) is 2. The molecule has 0 bridgehead atoms. The minimum atomic E-state index is -3.64. The lowest BCUT2D eigenvalue weighted by Crippen LogP contribution is -2.31. The SMILES string of the molecule is Cc1cccc(S(=O)(=O)n2ccc3c(CN4CCCC4CO)cccc32)c1. The van der Waals surface area contributed by atoms with Crippen LogP contribution in [0.3, 0.4) is 0 Å². The first kappa shape index (κ1) is 18.2. The largest absolute Gasteiger partial charge is 0.395 e. The van der Waals surface area contributed by atoms with Gasteiger partial charge in [-0.1, -0.05) is 24.3 Å². The molecule has 0 saturated carbocycles. The number of hydrogen-bond acceptors (Lipinski definition) is 4. The van der Waals surface area contributed by atoms with Crippen LogP contribution in [0.1, 0.15) is 24.0 Å². The third-order valence-electron chi connectivity index (χ3n) is 5.42. The van der Waals surface area contributed by atoms with Crippen molar-refractivity contribution in [2.24, 2.45) is 0 Å². The fourth-order valence-electron chi connectivity index (χ4n) is 3.97. The van der Waals surface area contributed by atoms with Crippen molar-refractivity contribution in [2.45, 2.75) is 37.2 Å². The molecule has 6 heteroatoms. The van der Waals surface area contributed by atoms with E-state index in [-0.39, 0.29) is 12.6 Å². The minimum Gasteiger partial charge on any atom is -0.395 e. The van der Waals surface area contributed by atoms with E-state index in [9.17, 15) is 13.5 Å². The van der Waals surface area contributed by atoms with Crippen molar-refractivity contribution in [3.05, 3.63) is 65.9 Å². The Morgan fingerprint density at radius 2 is 1.96 bits per heavy atom. The molecule has 1 fully saturated rings. The Bertz CT molecular complexity index is 1070. The highest BCUT2D eigenvalue weighted by molar-refractivity contribution is 7.90. The van der Waals surface area contributed by atoms with E-state index in [4.69, 9.17) is 0 Å². The third-order valence-corrected chi connectivity index (χ3v) is 7.10. The van der Waals surface area contributed by atoms with E-state index in [1.54, 1.807) is 24.4 Å². The van der Waals surface area contributed by atoms with Crippen LogP contribution in [0.4, 0.5) is 0 Å². The number of fused-ring (bicyclic) bond motifs is 1. The molecule has 0 amide bonds. The van der Waals surface area contributed by atoms with Crippen LogP contribution in [0.15, 0.2) is 59.6 Å². The highest BCUT2D eigenvalue weighted by Crippen LogP contribution is 2.28. The average molecular weight is 385 g/mol. The Morgan fingerprint density at radius 1 is 1.15 bits per heavy atom. The molecule has 2 heterocycles. The van der Waals surface area contributed by atoms with E-state index in [0.29, 0.717) is 10.4 Å². The van der Waals surface area contributed by atoms with Gasteiger partial charge in [0.15, 0.2) is 0 Å². The van der Waals surface area contributed by atoms with Crippen LogP contribution in [0.25, 0.3) is 10.9 Å². The van der Waals surface area contributed by atoms with Gasteiger partial charge in [0.25, 0.3) is 10.0 Å². The number of likely N-dealkylation sites (tertiary alicyclic amines) is 1. The van der Waals surface area contributed by atoms with Crippen molar-refractivity contribution < 1.29 is 13.5 Å². The van der Waals surface area contributed by atoms with Crippen LogP contribution >= 0.6 is 0 Å². The molecule has 1 N–H and O–H groups in total. The van der Waals surface area contributed by atoms with E-state index in [2.05, 4.69) is 4.90 Å². The van der Waals surface area contributed by atoms with E-state index < -0.39 is 10.0 Å². The monoisotopic (exact) mass is 384 g/mol. The van der Waals surface area contributed by atoms with Gasteiger partial charge in [-0.05, 0) is 61.7 Å². The first-order valence-corrected chi connectivity index (χ1v) is 10.7. The highest BCUT2D eigenvalue weighted by atomic mass is 32.2. The van der Waals surface area contributed by atoms with Crippen LogP contribution < -0.4 is 0 Å². The van der Waals surface area contributed by atoms with Gasteiger partial charge in [0.2, 0.25) is 0 Å². The van der Waals surface area contributed by atoms with E-state index >= 15 is 0 Å². The van der Waals surface area contributed by atoms with E-state index in [0.717, 1.165) is 42.4 Å². The Hall–Kier alpha value is -2.15. The number of aryl methyl sites for hydroxylation is 1. The number of hydrogen-bond donors (Lipinski definition) is 1. The van der Waals surface area contributed by atoms with Crippen LogP contribution in [0.5, 0.6) is 0 Å². The Labute approximate surface area is 159 Å². The Kier molecular flexibility index (Phi) is 4.80. The van der Waals surface area contributed by atoms with Gasteiger partial charge in [0.05, 0.1) is 17.0 Å². The summed E-state index contributed by atoms with van der Waals surface area (Å²) in [5.74, 6) is 0. The fourth-order valence-corrected chi connectivity index (χ4v) is 5.42. The number of aliphatic hydroxyl groups is 1. The maximum Gasteiger partial charge on any atom is 0.268 e. The average Bonchev–Trinajstić information content (AvgIpc) is 3.29. The lowest BCUT2D eigenvalue weighted by Gasteiger charge is -2.23. The summed E-state index contributed by atoms with van der Waals surface area (Å²) in [6, 6.07) is 14.8. The topological polar surface area (TPSA) is 62.5 Å². The summed E-state index contributed by atoms with van der Waals surface area (Å²) in [5, 5.41) is 10.5. The number of aliphatic hydroxyl groups excluding tert-OH is 1. The molecule has 1 aliphatic rings. The molecule has 1 saturated heterocycles. The summed E-state index contributed by atoms with van der Waals surface area (Å²) >= 11 is 0. The summed E-state index contributed by atoms with van der Waals surface area (Å²) in [6.07, 6.45) is 3.73.